The Morgan fingerprint density at radius 1 is 1.00 bits per heavy atom. The number of benzene rings is 2. The topological polar surface area (TPSA) is 53.1 Å². The van der Waals surface area contributed by atoms with Crippen LogP contribution < -0.4 is 5.32 Å². The second-order valence-electron chi connectivity index (χ2n) is 6.84. The minimum atomic E-state index is 0.694. The summed E-state index contributed by atoms with van der Waals surface area (Å²) in [4.78, 5) is 4.82. The predicted molar refractivity (Wildman–Crippen MR) is 106 cm³/mol. The van der Waals surface area contributed by atoms with Crippen molar-refractivity contribution in [3.05, 3.63) is 70.5 Å². The molecule has 26 heavy (non-hydrogen) atoms. The van der Waals surface area contributed by atoms with Crippen LogP contribution in [0.15, 0.2) is 42.6 Å². The Hall–Kier alpha value is -3.32. The molecule has 4 heteroatoms. The van der Waals surface area contributed by atoms with Crippen molar-refractivity contribution in [3.8, 4) is 6.07 Å². The SMILES string of the molecule is Cc1cc(C)c(Nc2cn3c(C)c(C#N)c4ccccc4c3n2)c(C)c1. The average Bonchev–Trinajstić information content (AvgIpc) is 3.03. The summed E-state index contributed by atoms with van der Waals surface area (Å²) in [6.07, 6.45) is 1.97. The summed E-state index contributed by atoms with van der Waals surface area (Å²) in [6, 6.07) is 14.6. The molecule has 0 unspecified atom stereocenters. The lowest BCUT2D eigenvalue weighted by Crippen LogP contribution is -1.97. The van der Waals surface area contributed by atoms with Gasteiger partial charge < -0.3 is 9.72 Å². The fourth-order valence-electron chi connectivity index (χ4n) is 3.74. The summed E-state index contributed by atoms with van der Waals surface area (Å²) in [6.45, 7) is 8.28. The summed E-state index contributed by atoms with van der Waals surface area (Å²) in [5, 5.41) is 15.0. The van der Waals surface area contributed by atoms with Crippen molar-refractivity contribution in [3.63, 3.8) is 0 Å². The van der Waals surface area contributed by atoms with Crippen molar-refractivity contribution in [1.82, 2.24) is 9.38 Å². The first-order chi connectivity index (χ1) is 12.5. The van der Waals surface area contributed by atoms with Gasteiger partial charge in [0.15, 0.2) is 0 Å². The van der Waals surface area contributed by atoms with E-state index < -0.39 is 0 Å². The number of nitriles is 1. The molecule has 0 aliphatic heterocycles. The van der Waals surface area contributed by atoms with Gasteiger partial charge in [0.25, 0.3) is 0 Å². The molecule has 0 radical (unpaired) electrons. The molecular weight excluding hydrogens is 320 g/mol. The van der Waals surface area contributed by atoms with Crippen LogP contribution in [0.3, 0.4) is 0 Å². The zero-order valence-electron chi connectivity index (χ0n) is 15.4. The minimum Gasteiger partial charge on any atom is -0.338 e. The number of hydrogen-bond acceptors (Lipinski definition) is 3. The molecule has 0 saturated heterocycles. The van der Waals surface area contributed by atoms with Crippen LogP contribution in [0.5, 0.6) is 0 Å². The molecule has 0 saturated carbocycles. The van der Waals surface area contributed by atoms with Crippen molar-refractivity contribution in [1.29, 1.82) is 5.26 Å². The summed E-state index contributed by atoms with van der Waals surface area (Å²) in [7, 11) is 0. The van der Waals surface area contributed by atoms with E-state index in [2.05, 4.69) is 44.3 Å². The van der Waals surface area contributed by atoms with E-state index in [1.807, 2.05) is 41.8 Å². The van der Waals surface area contributed by atoms with Gasteiger partial charge in [0.05, 0.1) is 11.8 Å². The molecule has 0 atom stereocenters. The second-order valence-corrected chi connectivity index (χ2v) is 6.84. The fourth-order valence-corrected chi connectivity index (χ4v) is 3.74. The van der Waals surface area contributed by atoms with E-state index in [4.69, 9.17) is 4.98 Å². The third-order valence-electron chi connectivity index (χ3n) is 4.91. The fraction of sp³-hybridized carbons (Fsp3) is 0.182. The number of aryl methyl sites for hydroxylation is 4. The van der Waals surface area contributed by atoms with Gasteiger partial charge in [-0.2, -0.15) is 5.26 Å². The van der Waals surface area contributed by atoms with Gasteiger partial charge in [-0.15, -0.1) is 0 Å². The molecule has 0 aliphatic rings. The number of hydrogen-bond donors (Lipinski definition) is 1. The molecule has 0 aliphatic carbocycles. The van der Waals surface area contributed by atoms with E-state index in [1.54, 1.807) is 0 Å². The summed E-state index contributed by atoms with van der Waals surface area (Å²) in [5.74, 6) is 0.781. The van der Waals surface area contributed by atoms with Crippen LogP contribution in [0.25, 0.3) is 16.4 Å². The highest BCUT2D eigenvalue weighted by Gasteiger charge is 2.14. The number of aromatic nitrogens is 2. The molecule has 0 bridgehead atoms. The maximum absolute atomic E-state index is 9.62. The Bertz CT molecular complexity index is 1190. The molecular formula is C22H20N4. The van der Waals surface area contributed by atoms with Gasteiger partial charge in [0.1, 0.15) is 17.5 Å². The Kier molecular flexibility index (Phi) is 3.66. The Labute approximate surface area is 152 Å². The molecule has 2 heterocycles. The molecule has 1 N–H and O–H groups in total. The van der Waals surface area contributed by atoms with E-state index in [0.717, 1.165) is 33.6 Å². The zero-order chi connectivity index (χ0) is 18.4. The van der Waals surface area contributed by atoms with Gasteiger partial charge in [-0.25, -0.2) is 4.98 Å². The molecule has 4 aromatic rings. The zero-order valence-corrected chi connectivity index (χ0v) is 15.4. The molecule has 0 fully saturated rings. The third-order valence-corrected chi connectivity index (χ3v) is 4.91. The average molecular weight is 340 g/mol. The Balaban J connectivity index is 1.93. The van der Waals surface area contributed by atoms with Gasteiger partial charge in [-0.05, 0) is 38.8 Å². The van der Waals surface area contributed by atoms with Gasteiger partial charge in [-0.3, -0.25) is 0 Å². The van der Waals surface area contributed by atoms with Crippen molar-refractivity contribution < 1.29 is 0 Å². The largest absolute Gasteiger partial charge is 0.338 e. The van der Waals surface area contributed by atoms with Crippen molar-refractivity contribution in [2.75, 3.05) is 5.32 Å². The Morgan fingerprint density at radius 3 is 2.31 bits per heavy atom. The smallest absolute Gasteiger partial charge is 0.149 e. The van der Waals surface area contributed by atoms with Crippen molar-refractivity contribution in [2.24, 2.45) is 0 Å². The van der Waals surface area contributed by atoms with Gasteiger partial charge in [0.2, 0.25) is 0 Å². The number of pyridine rings is 1. The molecule has 2 aromatic carbocycles. The lowest BCUT2D eigenvalue weighted by molar-refractivity contribution is 1.10. The standard InChI is InChI=1S/C22H20N4/c1-13-9-14(2)21(15(3)10-13)24-20-12-26-16(4)19(11-23)17-7-5-6-8-18(17)22(26)25-20/h5-10,12,24H,1-4H3. The molecule has 2 aromatic heterocycles. The van der Waals surface area contributed by atoms with Crippen LogP contribution in [-0.4, -0.2) is 9.38 Å². The van der Waals surface area contributed by atoms with E-state index >= 15 is 0 Å². The molecule has 128 valence electrons. The number of imidazole rings is 1. The lowest BCUT2D eigenvalue weighted by atomic mass is 10.1. The van der Waals surface area contributed by atoms with Crippen molar-refractivity contribution >= 4 is 27.9 Å². The predicted octanol–water partition coefficient (Wildman–Crippen LogP) is 5.34. The highest BCUT2D eigenvalue weighted by Crippen LogP contribution is 2.30. The first-order valence-electron chi connectivity index (χ1n) is 8.65. The molecule has 0 amide bonds. The molecule has 4 nitrogen and oxygen atoms in total. The number of nitrogens with one attached hydrogen (secondary N) is 1. The third kappa shape index (κ3) is 2.41. The summed E-state index contributed by atoms with van der Waals surface area (Å²) >= 11 is 0. The van der Waals surface area contributed by atoms with Crippen LogP contribution in [0.1, 0.15) is 27.9 Å². The number of nitrogens with zero attached hydrogens (tertiary/aromatic N) is 3. The quantitative estimate of drug-likeness (QED) is 0.536. The highest BCUT2D eigenvalue weighted by molar-refractivity contribution is 5.98. The van der Waals surface area contributed by atoms with Crippen LogP contribution >= 0.6 is 0 Å². The van der Waals surface area contributed by atoms with Crippen LogP contribution in [0.4, 0.5) is 11.5 Å². The number of rotatable bonds is 2. The van der Waals surface area contributed by atoms with Gasteiger partial charge >= 0.3 is 0 Å². The second kappa shape index (κ2) is 5.89. The van der Waals surface area contributed by atoms with Crippen LogP contribution in [-0.2, 0) is 0 Å². The van der Waals surface area contributed by atoms with E-state index in [1.165, 1.54) is 16.7 Å². The summed E-state index contributed by atoms with van der Waals surface area (Å²) in [5.41, 5.74) is 7.18. The van der Waals surface area contributed by atoms with Crippen LogP contribution in [0, 0.1) is 39.0 Å². The first-order valence-corrected chi connectivity index (χ1v) is 8.65. The van der Waals surface area contributed by atoms with Crippen molar-refractivity contribution in [2.45, 2.75) is 27.7 Å². The Morgan fingerprint density at radius 2 is 1.65 bits per heavy atom. The first kappa shape index (κ1) is 16.2. The monoisotopic (exact) mass is 340 g/mol. The van der Waals surface area contributed by atoms with E-state index in [0.29, 0.717) is 5.56 Å². The minimum absolute atomic E-state index is 0.694. The van der Waals surface area contributed by atoms with Gasteiger partial charge in [-0.1, -0.05) is 42.0 Å². The number of anilines is 2. The number of fused-ring (bicyclic) bond motifs is 3. The molecule has 4 rings (SSSR count). The normalized spacial score (nSPS) is 11.0. The maximum Gasteiger partial charge on any atom is 0.149 e. The summed E-state index contributed by atoms with van der Waals surface area (Å²) < 4.78 is 2.00. The van der Waals surface area contributed by atoms with Crippen LogP contribution in [0.2, 0.25) is 0 Å². The lowest BCUT2D eigenvalue weighted by Gasteiger charge is -2.11. The molecule has 0 spiro atoms. The van der Waals surface area contributed by atoms with E-state index in [-0.39, 0.29) is 0 Å². The highest BCUT2D eigenvalue weighted by atomic mass is 15.1. The van der Waals surface area contributed by atoms with E-state index in [9.17, 15) is 5.26 Å². The maximum atomic E-state index is 9.62. The van der Waals surface area contributed by atoms with Gasteiger partial charge in [0, 0.05) is 22.2 Å².